The zero-order valence-corrected chi connectivity index (χ0v) is 11.8. The number of rotatable bonds is 1. The lowest BCUT2D eigenvalue weighted by atomic mass is 9.91. The van der Waals surface area contributed by atoms with Gasteiger partial charge in [0.2, 0.25) is 0 Å². The molecule has 1 aliphatic rings. The minimum atomic E-state index is -0.619. The van der Waals surface area contributed by atoms with Crippen molar-refractivity contribution in [1.29, 1.82) is 0 Å². The van der Waals surface area contributed by atoms with Crippen LogP contribution in [0.4, 0.5) is 0 Å². The molecular formula is C12H14Br2O. The molecule has 0 unspecified atom stereocenters. The minimum absolute atomic E-state index is 0.618. The van der Waals surface area contributed by atoms with E-state index in [9.17, 15) is 5.11 Å². The Labute approximate surface area is 107 Å². The Kier molecular flexibility index (Phi) is 3.25. The van der Waals surface area contributed by atoms with E-state index in [2.05, 4.69) is 38.8 Å². The van der Waals surface area contributed by atoms with Crippen molar-refractivity contribution < 1.29 is 5.11 Å². The second-order valence-corrected chi connectivity index (χ2v) is 6.37. The highest BCUT2D eigenvalue weighted by molar-refractivity contribution is 9.11. The quantitative estimate of drug-likeness (QED) is 0.815. The first-order valence-corrected chi connectivity index (χ1v) is 6.77. The van der Waals surface area contributed by atoms with Crippen LogP contribution in [-0.2, 0) is 5.60 Å². The van der Waals surface area contributed by atoms with Gasteiger partial charge in [0, 0.05) is 8.95 Å². The van der Waals surface area contributed by atoms with Crippen molar-refractivity contribution in [2.45, 2.75) is 31.8 Å². The second kappa shape index (κ2) is 4.19. The Morgan fingerprint density at radius 2 is 1.87 bits per heavy atom. The summed E-state index contributed by atoms with van der Waals surface area (Å²) in [5.41, 5.74) is 0.402. The number of hydrogen-bond acceptors (Lipinski definition) is 1. The van der Waals surface area contributed by atoms with Crippen LogP contribution in [0.2, 0.25) is 0 Å². The maximum Gasteiger partial charge on any atom is 0.0900 e. The molecule has 2 rings (SSSR count). The smallest absolute Gasteiger partial charge is 0.0900 e. The fourth-order valence-electron chi connectivity index (χ4n) is 2.35. The van der Waals surface area contributed by atoms with E-state index in [4.69, 9.17) is 0 Å². The van der Waals surface area contributed by atoms with E-state index in [-0.39, 0.29) is 0 Å². The van der Waals surface area contributed by atoms with E-state index in [0.717, 1.165) is 33.8 Å². The molecule has 0 amide bonds. The van der Waals surface area contributed by atoms with Gasteiger partial charge in [-0.1, -0.05) is 38.8 Å². The van der Waals surface area contributed by atoms with Gasteiger partial charge in [0.1, 0.15) is 0 Å². The van der Waals surface area contributed by atoms with Crippen LogP contribution < -0.4 is 0 Å². The summed E-state index contributed by atoms with van der Waals surface area (Å²) in [6.07, 6.45) is 2.85. The third kappa shape index (κ3) is 2.45. The van der Waals surface area contributed by atoms with Crippen LogP contribution in [0.1, 0.15) is 31.7 Å². The van der Waals surface area contributed by atoms with Gasteiger partial charge < -0.3 is 5.11 Å². The molecule has 0 aliphatic heterocycles. The van der Waals surface area contributed by atoms with E-state index in [1.807, 2.05) is 18.2 Å². The lowest BCUT2D eigenvalue weighted by molar-refractivity contribution is 0.0407. The maximum absolute atomic E-state index is 10.5. The Bertz CT molecular complexity index is 358. The minimum Gasteiger partial charge on any atom is -0.385 e. The molecule has 82 valence electrons. The van der Waals surface area contributed by atoms with Gasteiger partial charge in [-0.2, -0.15) is 0 Å². The Morgan fingerprint density at radius 3 is 2.33 bits per heavy atom. The fraction of sp³-hybridized carbons (Fsp3) is 0.500. The molecule has 1 aromatic carbocycles. The number of benzene rings is 1. The summed E-state index contributed by atoms with van der Waals surface area (Å²) < 4.78 is 2.03. The summed E-state index contributed by atoms with van der Waals surface area (Å²) in [7, 11) is 0. The predicted octanol–water partition coefficient (Wildman–Crippen LogP) is 4.22. The fourth-order valence-corrected chi connectivity index (χ4v) is 3.64. The third-order valence-corrected chi connectivity index (χ3v) is 4.05. The largest absolute Gasteiger partial charge is 0.385 e. The van der Waals surface area contributed by atoms with Crippen LogP contribution >= 0.6 is 31.9 Å². The molecule has 1 saturated carbocycles. The van der Waals surface area contributed by atoms with Crippen LogP contribution in [0.5, 0.6) is 0 Å². The molecule has 2 atom stereocenters. The van der Waals surface area contributed by atoms with Crippen molar-refractivity contribution in [3.8, 4) is 0 Å². The molecule has 0 radical (unpaired) electrons. The molecule has 1 N–H and O–H groups in total. The van der Waals surface area contributed by atoms with E-state index < -0.39 is 5.60 Å². The van der Waals surface area contributed by atoms with Gasteiger partial charge in [0.15, 0.2) is 0 Å². The highest BCUT2D eigenvalue weighted by atomic mass is 79.9. The van der Waals surface area contributed by atoms with Crippen LogP contribution in [-0.4, -0.2) is 5.11 Å². The second-order valence-electron chi connectivity index (χ2n) is 4.54. The van der Waals surface area contributed by atoms with Gasteiger partial charge in [-0.15, -0.1) is 0 Å². The number of aliphatic hydroxyl groups is 1. The molecule has 1 aliphatic carbocycles. The SMILES string of the molecule is C[C@H]1CC[C@](O)(c2cc(Br)cc(Br)c2)C1. The molecule has 0 spiro atoms. The van der Waals surface area contributed by atoms with Gasteiger partial charge in [-0.05, 0) is 48.9 Å². The number of halogens is 2. The maximum atomic E-state index is 10.5. The van der Waals surface area contributed by atoms with E-state index in [1.54, 1.807) is 0 Å². The average Bonchev–Trinajstić information content (AvgIpc) is 2.46. The zero-order valence-electron chi connectivity index (χ0n) is 8.63. The van der Waals surface area contributed by atoms with Crippen molar-refractivity contribution >= 4 is 31.9 Å². The molecule has 0 aromatic heterocycles. The highest BCUT2D eigenvalue weighted by Crippen LogP contribution is 2.43. The monoisotopic (exact) mass is 332 g/mol. The van der Waals surface area contributed by atoms with Crippen molar-refractivity contribution in [3.63, 3.8) is 0 Å². The molecular weight excluding hydrogens is 320 g/mol. The molecule has 1 nitrogen and oxygen atoms in total. The highest BCUT2D eigenvalue weighted by Gasteiger charge is 2.37. The summed E-state index contributed by atoms with van der Waals surface area (Å²) in [4.78, 5) is 0. The van der Waals surface area contributed by atoms with Gasteiger partial charge in [-0.3, -0.25) is 0 Å². The van der Waals surface area contributed by atoms with Gasteiger partial charge in [0.05, 0.1) is 5.60 Å². The summed E-state index contributed by atoms with van der Waals surface area (Å²) in [5, 5.41) is 10.5. The van der Waals surface area contributed by atoms with Crippen molar-refractivity contribution in [2.75, 3.05) is 0 Å². The first-order chi connectivity index (χ1) is 6.99. The summed E-state index contributed by atoms with van der Waals surface area (Å²) in [5.74, 6) is 0.618. The molecule has 1 fully saturated rings. The van der Waals surface area contributed by atoms with Crippen molar-refractivity contribution in [3.05, 3.63) is 32.7 Å². The topological polar surface area (TPSA) is 20.2 Å². The first-order valence-electron chi connectivity index (χ1n) is 5.18. The van der Waals surface area contributed by atoms with Gasteiger partial charge >= 0.3 is 0 Å². The van der Waals surface area contributed by atoms with Gasteiger partial charge in [0.25, 0.3) is 0 Å². The average molecular weight is 334 g/mol. The van der Waals surface area contributed by atoms with E-state index in [1.165, 1.54) is 0 Å². The lowest BCUT2D eigenvalue weighted by Gasteiger charge is -2.23. The summed E-state index contributed by atoms with van der Waals surface area (Å²) >= 11 is 6.92. The normalized spacial score (nSPS) is 30.8. The molecule has 1 aromatic rings. The van der Waals surface area contributed by atoms with Crippen molar-refractivity contribution in [2.24, 2.45) is 5.92 Å². The van der Waals surface area contributed by atoms with Crippen LogP contribution in [0.3, 0.4) is 0 Å². The Hall–Kier alpha value is 0.140. The molecule has 0 saturated heterocycles. The van der Waals surface area contributed by atoms with E-state index in [0.29, 0.717) is 5.92 Å². The van der Waals surface area contributed by atoms with Crippen LogP contribution in [0.25, 0.3) is 0 Å². The number of hydrogen-bond donors (Lipinski definition) is 1. The van der Waals surface area contributed by atoms with Gasteiger partial charge in [-0.25, -0.2) is 0 Å². The molecule has 15 heavy (non-hydrogen) atoms. The molecule has 0 bridgehead atoms. The standard InChI is InChI=1S/C12H14Br2O/c1-8-2-3-12(15,7-8)9-4-10(13)6-11(14)5-9/h4-6,8,15H,2-3,7H2,1H3/t8-,12+/m0/s1. The molecule has 0 heterocycles. The van der Waals surface area contributed by atoms with E-state index >= 15 is 0 Å². The van der Waals surface area contributed by atoms with Crippen LogP contribution in [0.15, 0.2) is 27.1 Å². The third-order valence-electron chi connectivity index (χ3n) is 3.14. The predicted molar refractivity (Wildman–Crippen MR) is 68.8 cm³/mol. The Balaban J connectivity index is 2.36. The van der Waals surface area contributed by atoms with Crippen LogP contribution in [0, 0.1) is 5.92 Å². The van der Waals surface area contributed by atoms with Crippen molar-refractivity contribution in [1.82, 2.24) is 0 Å². The Morgan fingerprint density at radius 1 is 1.27 bits per heavy atom. The summed E-state index contributed by atoms with van der Waals surface area (Å²) in [6.45, 7) is 2.20. The zero-order chi connectivity index (χ0) is 11.1. The lowest BCUT2D eigenvalue weighted by Crippen LogP contribution is -2.21. The first kappa shape index (κ1) is 11.6. The summed E-state index contributed by atoms with van der Waals surface area (Å²) in [6, 6.07) is 6.02. The molecule has 3 heteroatoms.